The Labute approximate surface area is 154 Å². The van der Waals surface area contributed by atoms with Crippen molar-refractivity contribution in [2.24, 2.45) is 0 Å². The summed E-state index contributed by atoms with van der Waals surface area (Å²) in [6.07, 6.45) is 3.99. The minimum absolute atomic E-state index is 0.000996. The van der Waals surface area contributed by atoms with Crippen molar-refractivity contribution >= 4 is 17.5 Å². The number of fused-ring (bicyclic) bond motifs is 1. The fourth-order valence-electron chi connectivity index (χ4n) is 4.10. The van der Waals surface area contributed by atoms with Gasteiger partial charge in [-0.15, -0.1) is 0 Å². The molecular weight excluding hydrogens is 324 g/mol. The SMILES string of the molecule is CC1(Cc2ccccc2)C(=O)Nc2cc(C(=O)N3CCCCC3)ccc21. The Kier molecular flexibility index (Phi) is 4.27. The van der Waals surface area contributed by atoms with Gasteiger partial charge in [-0.05, 0) is 55.9 Å². The third-order valence-corrected chi connectivity index (χ3v) is 5.65. The summed E-state index contributed by atoms with van der Waals surface area (Å²) in [6.45, 7) is 3.63. The molecule has 2 heterocycles. The Morgan fingerprint density at radius 3 is 2.54 bits per heavy atom. The number of amides is 2. The minimum atomic E-state index is -0.608. The van der Waals surface area contributed by atoms with Crippen LogP contribution in [0, 0.1) is 0 Å². The normalized spacial score (nSPS) is 22.0. The van der Waals surface area contributed by atoms with Gasteiger partial charge in [0.2, 0.25) is 5.91 Å². The summed E-state index contributed by atoms with van der Waals surface area (Å²) in [7, 11) is 0. The number of carbonyl (C=O) groups is 2. The molecule has 4 rings (SSSR count). The number of anilines is 1. The van der Waals surface area contributed by atoms with Gasteiger partial charge in [0.15, 0.2) is 0 Å². The number of piperidine rings is 1. The van der Waals surface area contributed by atoms with Gasteiger partial charge in [0.05, 0.1) is 5.41 Å². The van der Waals surface area contributed by atoms with Crippen LogP contribution in [0.2, 0.25) is 0 Å². The summed E-state index contributed by atoms with van der Waals surface area (Å²) < 4.78 is 0. The quantitative estimate of drug-likeness (QED) is 0.918. The molecule has 0 aliphatic carbocycles. The number of likely N-dealkylation sites (tertiary alicyclic amines) is 1. The first-order chi connectivity index (χ1) is 12.6. The zero-order valence-corrected chi connectivity index (χ0v) is 15.1. The molecule has 4 heteroatoms. The van der Waals surface area contributed by atoms with Crippen molar-refractivity contribution in [1.29, 1.82) is 0 Å². The molecule has 0 aromatic heterocycles. The lowest BCUT2D eigenvalue weighted by atomic mass is 9.78. The molecule has 0 spiro atoms. The lowest BCUT2D eigenvalue weighted by Crippen LogP contribution is -2.35. The zero-order chi connectivity index (χ0) is 18.1. The van der Waals surface area contributed by atoms with Gasteiger partial charge in [-0.3, -0.25) is 9.59 Å². The Bertz CT molecular complexity index is 840. The van der Waals surface area contributed by atoms with Gasteiger partial charge in [-0.2, -0.15) is 0 Å². The van der Waals surface area contributed by atoms with E-state index in [4.69, 9.17) is 0 Å². The molecule has 0 radical (unpaired) electrons. The summed E-state index contributed by atoms with van der Waals surface area (Å²) in [5.41, 5.74) is 2.93. The van der Waals surface area contributed by atoms with E-state index in [2.05, 4.69) is 5.32 Å². The second-order valence-electron chi connectivity index (χ2n) is 7.56. The molecule has 1 fully saturated rings. The number of nitrogens with one attached hydrogen (secondary N) is 1. The van der Waals surface area contributed by atoms with Crippen LogP contribution in [0.25, 0.3) is 0 Å². The van der Waals surface area contributed by atoms with E-state index in [1.165, 1.54) is 6.42 Å². The van der Waals surface area contributed by atoms with E-state index >= 15 is 0 Å². The average molecular weight is 348 g/mol. The number of carbonyl (C=O) groups excluding carboxylic acids is 2. The summed E-state index contributed by atoms with van der Waals surface area (Å²) in [5, 5.41) is 3.00. The van der Waals surface area contributed by atoms with Gasteiger partial charge < -0.3 is 10.2 Å². The van der Waals surface area contributed by atoms with Crippen LogP contribution in [-0.4, -0.2) is 29.8 Å². The van der Waals surface area contributed by atoms with Crippen LogP contribution in [0.15, 0.2) is 48.5 Å². The molecule has 134 valence electrons. The Hall–Kier alpha value is -2.62. The van der Waals surface area contributed by atoms with Crippen molar-refractivity contribution in [3.8, 4) is 0 Å². The van der Waals surface area contributed by atoms with Crippen molar-refractivity contribution in [3.05, 3.63) is 65.2 Å². The number of hydrogen-bond donors (Lipinski definition) is 1. The Morgan fingerprint density at radius 1 is 1.08 bits per heavy atom. The first-order valence-corrected chi connectivity index (χ1v) is 9.37. The van der Waals surface area contributed by atoms with E-state index in [1.807, 2.05) is 60.4 Å². The van der Waals surface area contributed by atoms with Crippen LogP contribution in [0.5, 0.6) is 0 Å². The number of hydrogen-bond acceptors (Lipinski definition) is 2. The lowest BCUT2D eigenvalue weighted by molar-refractivity contribution is -0.120. The van der Waals surface area contributed by atoms with Crippen molar-refractivity contribution < 1.29 is 9.59 Å². The number of rotatable bonds is 3. The predicted octanol–water partition coefficient (Wildman–Crippen LogP) is 3.77. The van der Waals surface area contributed by atoms with E-state index in [1.54, 1.807) is 0 Å². The Morgan fingerprint density at radius 2 is 1.81 bits per heavy atom. The van der Waals surface area contributed by atoms with E-state index in [0.29, 0.717) is 12.0 Å². The zero-order valence-electron chi connectivity index (χ0n) is 15.1. The smallest absolute Gasteiger partial charge is 0.253 e. The van der Waals surface area contributed by atoms with Gasteiger partial charge >= 0.3 is 0 Å². The Balaban J connectivity index is 1.62. The maximum absolute atomic E-state index is 12.7. The maximum atomic E-state index is 12.7. The molecule has 1 N–H and O–H groups in total. The molecule has 1 unspecified atom stereocenters. The third-order valence-electron chi connectivity index (χ3n) is 5.65. The van der Waals surface area contributed by atoms with Crippen molar-refractivity contribution in [3.63, 3.8) is 0 Å². The second-order valence-corrected chi connectivity index (χ2v) is 7.56. The van der Waals surface area contributed by atoms with Crippen LogP contribution >= 0.6 is 0 Å². The van der Waals surface area contributed by atoms with Crippen LogP contribution in [0.4, 0.5) is 5.69 Å². The molecular formula is C22H24N2O2. The molecule has 0 saturated carbocycles. The first kappa shape index (κ1) is 16.8. The summed E-state index contributed by atoms with van der Waals surface area (Å²) in [4.78, 5) is 27.4. The van der Waals surface area contributed by atoms with Crippen LogP contribution in [0.1, 0.15) is 47.7 Å². The second kappa shape index (κ2) is 6.60. The topological polar surface area (TPSA) is 49.4 Å². The summed E-state index contributed by atoms with van der Waals surface area (Å²) in [5.74, 6) is 0.0670. The van der Waals surface area contributed by atoms with E-state index < -0.39 is 5.41 Å². The van der Waals surface area contributed by atoms with Gasteiger partial charge in [0.1, 0.15) is 0 Å². The van der Waals surface area contributed by atoms with E-state index in [0.717, 1.165) is 42.7 Å². The predicted molar refractivity (Wildman–Crippen MR) is 102 cm³/mol. The lowest BCUT2D eigenvalue weighted by Gasteiger charge is -2.27. The molecule has 0 bridgehead atoms. The summed E-state index contributed by atoms with van der Waals surface area (Å²) >= 11 is 0. The van der Waals surface area contributed by atoms with Crippen molar-refractivity contribution in [2.45, 2.75) is 38.0 Å². The van der Waals surface area contributed by atoms with E-state index in [-0.39, 0.29) is 11.8 Å². The highest BCUT2D eigenvalue weighted by molar-refractivity contribution is 6.07. The highest BCUT2D eigenvalue weighted by Gasteiger charge is 2.42. The summed E-state index contributed by atoms with van der Waals surface area (Å²) in [6, 6.07) is 15.7. The first-order valence-electron chi connectivity index (χ1n) is 9.37. The van der Waals surface area contributed by atoms with Crippen LogP contribution in [-0.2, 0) is 16.6 Å². The number of nitrogens with zero attached hydrogens (tertiary/aromatic N) is 1. The molecule has 1 saturated heterocycles. The largest absolute Gasteiger partial charge is 0.339 e. The van der Waals surface area contributed by atoms with Gasteiger partial charge in [-0.1, -0.05) is 36.4 Å². The average Bonchev–Trinajstić information content (AvgIpc) is 2.92. The molecule has 4 nitrogen and oxygen atoms in total. The molecule has 1 atom stereocenters. The highest BCUT2D eigenvalue weighted by Crippen LogP contribution is 2.40. The van der Waals surface area contributed by atoms with E-state index in [9.17, 15) is 9.59 Å². The molecule has 2 aliphatic rings. The monoisotopic (exact) mass is 348 g/mol. The third kappa shape index (κ3) is 2.90. The van der Waals surface area contributed by atoms with Crippen molar-refractivity contribution in [2.75, 3.05) is 18.4 Å². The van der Waals surface area contributed by atoms with Crippen molar-refractivity contribution in [1.82, 2.24) is 4.90 Å². The fourth-order valence-corrected chi connectivity index (χ4v) is 4.10. The highest BCUT2D eigenvalue weighted by atomic mass is 16.2. The van der Waals surface area contributed by atoms with Crippen LogP contribution in [0.3, 0.4) is 0 Å². The van der Waals surface area contributed by atoms with Gasteiger partial charge in [-0.25, -0.2) is 0 Å². The molecule has 2 aromatic rings. The number of benzene rings is 2. The maximum Gasteiger partial charge on any atom is 0.253 e. The standard InChI is InChI=1S/C22H24N2O2/c1-22(15-16-8-4-2-5-9-16)18-11-10-17(14-19(18)23-21(22)26)20(25)24-12-6-3-7-13-24/h2,4-5,8-11,14H,3,6-7,12-13,15H2,1H3,(H,23,26). The van der Waals surface area contributed by atoms with Crippen LogP contribution < -0.4 is 5.32 Å². The molecule has 26 heavy (non-hydrogen) atoms. The fraction of sp³-hybridized carbons (Fsp3) is 0.364. The molecule has 2 aliphatic heterocycles. The molecule has 2 amide bonds. The minimum Gasteiger partial charge on any atom is -0.339 e. The molecule has 2 aromatic carbocycles. The van der Waals surface area contributed by atoms with Gasteiger partial charge in [0, 0.05) is 24.3 Å². The van der Waals surface area contributed by atoms with Gasteiger partial charge in [0.25, 0.3) is 5.91 Å².